The Morgan fingerprint density at radius 2 is 1.86 bits per heavy atom. The Kier molecular flexibility index (Phi) is 3.39. The Morgan fingerprint density at radius 3 is 2.29 bits per heavy atom. The molecule has 1 rings (SSSR count). The minimum atomic E-state index is -1.28. The number of rotatable bonds is 3. The first-order valence-corrected chi connectivity index (χ1v) is 5.57. The fraction of sp³-hybridized carbons (Fsp3) is 0.400. The SMILES string of the molecule is CC(C)(O)CS(=O)c1ccc(F)cc1. The summed E-state index contributed by atoms with van der Waals surface area (Å²) in [4.78, 5) is 0.536. The Labute approximate surface area is 85.2 Å². The van der Waals surface area contributed by atoms with E-state index in [1.54, 1.807) is 13.8 Å². The molecule has 0 heterocycles. The maximum absolute atomic E-state index is 12.5. The van der Waals surface area contributed by atoms with Crippen LogP contribution < -0.4 is 0 Å². The van der Waals surface area contributed by atoms with Gasteiger partial charge in [-0.1, -0.05) is 0 Å². The normalized spacial score (nSPS) is 14.0. The summed E-state index contributed by atoms with van der Waals surface area (Å²) >= 11 is 0. The van der Waals surface area contributed by atoms with Gasteiger partial charge in [0.2, 0.25) is 0 Å². The van der Waals surface area contributed by atoms with Gasteiger partial charge in [0.1, 0.15) is 5.82 Å². The van der Waals surface area contributed by atoms with E-state index in [-0.39, 0.29) is 11.6 Å². The van der Waals surface area contributed by atoms with E-state index in [4.69, 9.17) is 0 Å². The molecule has 1 unspecified atom stereocenters. The molecule has 4 heteroatoms. The van der Waals surface area contributed by atoms with Crippen LogP contribution in [0.15, 0.2) is 29.2 Å². The zero-order valence-corrected chi connectivity index (χ0v) is 8.97. The van der Waals surface area contributed by atoms with Gasteiger partial charge < -0.3 is 5.11 Å². The molecule has 0 aromatic heterocycles. The van der Waals surface area contributed by atoms with E-state index in [1.807, 2.05) is 0 Å². The van der Waals surface area contributed by atoms with E-state index in [0.717, 1.165) is 0 Å². The maximum atomic E-state index is 12.5. The Hall–Kier alpha value is -0.740. The smallest absolute Gasteiger partial charge is 0.123 e. The van der Waals surface area contributed by atoms with Crippen molar-refractivity contribution in [3.05, 3.63) is 30.1 Å². The van der Waals surface area contributed by atoms with Crippen LogP contribution in [-0.2, 0) is 10.8 Å². The monoisotopic (exact) mass is 216 g/mol. The average Bonchev–Trinajstić information content (AvgIpc) is 2.02. The van der Waals surface area contributed by atoms with Crippen LogP contribution in [0.3, 0.4) is 0 Å². The van der Waals surface area contributed by atoms with Crippen LogP contribution >= 0.6 is 0 Å². The highest BCUT2D eigenvalue weighted by Gasteiger charge is 2.17. The first-order chi connectivity index (χ1) is 6.38. The summed E-state index contributed by atoms with van der Waals surface area (Å²) in [5, 5.41) is 9.44. The zero-order chi connectivity index (χ0) is 10.8. The van der Waals surface area contributed by atoms with Gasteiger partial charge in [-0.15, -0.1) is 0 Å². The first kappa shape index (κ1) is 11.3. The fourth-order valence-corrected chi connectivity index (χ4v) is 2.24. The number of hydrogen-bond donors (Lipinski definition) is 1. The number of halogens is 1. The molecule has 0 saturated carbocycles. The molecular weight excluding hydrogens is 203 g/mol. The molecule has 1 aromatic rings. The van der Waals surface area contributed by atoms with Crippen LogP contribution in [-0.4, -0.2) is 20.7 Å². The van der Waals surface area contributed by atoms with Gasteiger partial charge in [0.15, 0.2) is 0 Å². The number of hydrogen-bond acceptors (Lipinski definition) is 2. The van der Waals surface area contributed by atoms with E-state index in [2.05, 4.69) is 0 Å². The molecule has 0 aliphatic rings. The molecule has 0 aliphatic heterocycles. The van der Waals surface area contributed by atoms with Crippen molar-refractivity contribution in [3.8, 4) is 0 Å². The predicted molar refractivity (Wildman–Crippen MR) is 54.0 cm³/mol. The van der Waals surface area contributed by atoms with Crippen LogP contribution in [0, 0.1) is 5.82 Å². The minimum Gasteiger partial charge on any atom is -0.389 e. The lowest BCUT2D eigenvalue weighted by molar-refractivity contribution is 0.106. The lowest BCUT2D eigenvalue weighted by atomic mass is 10.2. The molecule has 14 heavy (non-hydrogen) atoms. The topological polar surface area (TPSA) is 37.3 Å². The highest BCUT2D eigenvalue weighted by atomic mass is 32.2. The summed E-state index contributed by atoms with van der Waals surface area (Å²) in [7, 11) is -1.28. The van der Waals surface area contributed by atoms with Crippen molar-refractivity contribution >= 4 is 10.8 Å². The van der Waals surface area contributed by atoms with Crippen LogP contribution in [0.2, 0.25) is 0 Å². The molecule has 0 spiro atoms. The molecule has 0 saturated heterocycles. The molecule has 1 atom stereocenters. The second-order valence-corrected chi connectivity index (χ2v) is 5.21. The van der Waals surface area contributed by atoms with Crippen molar-refractivity contribution in [1.29, 1.82) is 0 Å². The van der Waals surface area contributed by atoms with Crippen molar-refractivity contribution < 1.29 is 13.7 Å². The average molecular weight is 216 g/mol. The molecule has 0 radical (unpaired) electrons. The number of benzene rings is 1. The van der Waals surface area contributed by atoms with Crippen LogP contribution in [0.4, 0.5) is 4.39 Å². The summed E-state index contributed by atoms with van der Waals surface area (Å²) in [5.41, 5.74) is -0.973. The highest BCUT2D eigenvalue weighted by Crippen LogP contribution is 2.12. The molecular formula is C10H13FO2S. The summed E-state index contributed by atoms with van der Waals surface area (Å²) in [5.74, 6) is -0.201. The van der Waals surface area contributed by atoms with E-state index in [9.17, 15) is 13.7 Å². The molecule has 0 bridgehead atoms. The molecule has 0 fully saturated rings. The third-order valence-corrected chi connectivity index (χ3v) is 3.33. The van der Waals surface area contributed by atoms with Gasteiger partial charge >= 0.3 is 0 Å². The minimum absolute atomic E-state index is 0.151. The quantitative estimate of drug-likeness (QED) is 0.835. The molecule has 2 nitrogen and oxygen atoms in total. The van der Waals surface area contributed by atoms with Gasteiger partial charge in [0.05, 0.1) is 22.2 Å². The second-order valence-electron chi connectivity index (χ2n) is 3.76. The first-order valence-electron chi connectivity index (χ1n) is 4.25. The molecule has 0 aliphatic carbocycles. The zero-order valence-electron chi connectivity index (χ0n) is 8.16. The molecule has 1 aromatic carbocycles. The van der Waals surface area contributed by atoms with Gasteiger partial charge in [0, 0.05) is 4.90 Å². The third-order valence-electron chi connectivity index (χ3n) is 1.56. The fourth-order valence-electron chi connectivity index (χ4n) is 0.991. The van der Waals surface area contributed by atoms with Crippen molar-refractivity contribution in [2.75, 3.05) is 5.75 Å². The molecule has 0 amide bonds. The van der Waals surface area contributed by atoms with Gasteiger partial charge in [-0.05, 0) is 38.1 Å². The van der Waals surface area contributed by atoms with Gasteiger partial charge in [-0.2, -0.15) is 0 Å². The maximum Gasteiger partial charge on any atom is 0.123 e. The Bertz CT molecular complexity index is 327. The van der Waals surface area contributed by atoms with E-state index in [0.29, 0.717) is 4.90 Å². The lowest BCUT2D eigenvalue weighted by Gasteiger charge is -2.15. The second kappa shape index (κ2) is 4.19. The number of aliphatic hydroxyl groups is 1. The van der Waals surface area contributed by atoms with Crippen LogP contribution in [0.1, 0.15) is 13.8 Å². The van der Waals surface area contributed by atoms with Gasteiger partial charge in [0.25, 0.3) is 0 Å². The van der Waals surface area contributed by atoms with Crippen molar-refractivity contribution in [2.24, 2.45) is 0 Å². The van der Waals surface area contributed by atoms with E-state index < -0.39 is 16.4 Å². The van der Waals surface area contributed by atoms with Crippen molar-refractivity contribution in [2.45, 2.75) is 24.3 Å². The third kappa shape index (κ3) is 3.55. The largest absolute Gasteiger partial charge is 0.389 e. The van der Waals surface area contributed by atoms with Gasteiger partial charge in [-0.25, -0.2) is 4.39 Å². The summed E-state index contributed by atoms with van der Waals surface area (Å²) in [6, 6.07) is 5.46. The van der Waals surface area contributed by atoms with E-state index >= 15 is 0 Å². The lowest BCUT2D eigenvalue weighted by Crippen LogP contribution is -2.27. The van der Waals surface area contributed by atoms with Gasteiger partial charge in [-0.3, -0.25) is 4.21 Å². The highest BCUT2D eigenvalue weighted by molar-refractivity contribution is 7.85. The Morgan fingerprint density at radius 1 is 1.36 bits per heavy atom. The van der Waals surface area contributed by atoms with Crippen molar-refractivity contribution in [3.63, 3.8) is 0 Å². The van der Waals surface area contributed by atoms with Crippen LogP contribution in [0.5, 0.6) is 0 Å². The predicted octanol–water partition coefficient (Wildman–Crippen LogP) is 1.70. The van der Waals surface area contributed by atoms with Crippen molar-refractivity contribution in [1.82, 2.24) is 0 Å². The molecule has 1 N–H and O–H groups in total. The Balaban J connectivity index is 2.76. The van der Waals surface area contributed by atoms with Crippen LogP contribution in [0.25, 0.3) is 0 Å². The standard InChI is InChI=1S/C10H13FO2S/c1-10(2,12)7-14(13)9-5-3-8(11)4-6-9/h3-6,12H,7H2,1-2H3. The summed E-state index contributed by atoms with van der Waals surface area (Å²) < 4.78 is 24.1. The summed E-state index contributed by atoms with van der Waals surface area (Å²) in [6.07, 6.45) is 0. The molecule has 78 valence electrons. The van der Waals surface area contributed by atoms with E-state index in [1.165, 1.54) is 24.3 Å². The summed E-state index contributed by atoms with van der Waals surface area (Å²) in [6.45, 7) is 3.18.